The third-order valence-corrected chi connectivity index (χ3v) is 9.66. The maximum absolute atomic E-state index is 13.1. The van der Waals surface area contributed by atoms with Crippen molar-refractivity contribution in [1.82, 2.24) is 0 Å². The van der Waals surface area contributed by atoms with Gasteiger partial charge in [-0.1, -0.05) is 54.4 Å². The minimum Gasteiger partial charge on any atom is -0.464 e. The van der Waals surface area contributed by atoms with E-state index in [9.17, 15) is 9.90 Å². The first-order valence-corrected chi connectivity index (χ1v) is 12.0. The van der Waals surface area contributed by atoms with Crippen LogP contribution in [0, 0.1) is 40.4 Å². The van der Waals surface area contributed by atoms with Crippen molar-refractivity contribution in [2.45, 2.75) is 105 Å². The van der Waals surface area contributed by atoms with Crippen LogP contribution in [0.15, 0.2) is 0 Å². The molecule has 3 saturated carbocycles. The van der Waals surface area contributed by atoms with Gasteiger partial charge < -0.3 is 9.84 Å². The van der Waals surface area contributed by atoms with Crippen LogP contribution in [0.25, 0.3) is 0 Å². The van der Waals surface area contributed by atoms with Crippen molar-refractivity contribution in [2.24, 2.45) is 40.4 Å². The first kappa shape index (κ1) is 22.1. The molecule has 3 fully saturated rings. The molecule has 3 nitrogen and oxygen atoms in total. The molecule has 3 aliphatic rings. The molecule has 0 saturated heterocycles. The maximum Gasteiger partial charge on any atom is 0.338 e. The zero-order valence-electron chi connectivity index (χ0n) is 19.2. The van der Waals surface area contributed by atoms with Crippen LogP contribution in [0.1, 0.15) is 99.3 Å². The van der Waals surface area contributed by atoms with Crippen molar-refractivity contribution in [2.75, 3.05) is 6.61 Å². The van der Waals surface area contributed by atoms with Crippen molar-refractivity contribution in [1.29, 1.82) is 0 Å². The predicted molar refractivity (Wildman–Crippen MR) is 114 cm³/mol. The first-order valence-electron chi connectivity index (χ1n) is 12.0. The second-order valence-electron chi connectivity index (χ2n) is 11.3. The number of rotatable bonds is 4. The molecule has 0 radical (unpaired) electrons. The van der Waals surface area contributed by atoms with E-state index in [1.165, 1.54) is 12.8 Å². The third kappa shape index (κ3) is 3.44. The molecule has 28 heavy (non-hydrogen) atoms. The Bertz CT molecular complexity index is 570. The molecule has 3 heteroatoms. The quantitative estimate of drug-likeness (QED) is 0.472. The van der Waals surface area contributed by atoms with Crippen LogP contribution in [-0.4, -0.2) is 23.3 Å². The molecule has 0 aliphatic heterocycles. The van der Waals surface area contributed by atoms with Gasteiger partial charge in [-0.3, -0.25) is 0 Å². The Morgan fingerprint density at radius 2 is 1.68 bits per heavy atom. The Labute approximate surface area is 173 Å². The molecule has 2 bridgehead atoms. The van der Waals surface area contributed by atoms with Crippen LogP contribution in [0.3, 0.4) is 0 Å². The Morgan fingerprint density at radius 1 is 1.00 bits per heavy atom. The molecule has 1 N–H and O–H groups in total. The van der Waals surface area contributed by atoms with E-state index in [1.54, 1.807) is 0 Å². The average Bonchev–Trinajstić information content (AvgIpc) is 2.63. The summed E-state index contributed by atoms with van der Waals surface area (Å²) in [4.78, 5) is 13.1. The van der Waals surface area contributed by atoms with Crippen molar-refractivity contribution >= 4 is 5.97 Å². The van der Waals surface area contributed by atoms with Crippen LogP contribution in [0.5, 0.6) is 0 Å². The fraction of sp³-hybridized carbons (Fsp3) is 0.960. The Morgan fingerprint density at radius 3 is 2.36 bits per heavy atom. The summed E-state index contributed by atoms with van der Waals surface area (Å²) in [7, 11) is 0. The highest BCUT2D eigenvalue weighted by Crippen LogP contribution is 2.62. The Balaban J connectivity index is 1.93. The van der Waals surface area contributed by atoms with Gasteiger partial charge in [0.1, 0.15) is 0 Å². The number of hydrogen-bond acceptors (Lipinski definition) is 3. The van der Waals surface area contributed by atoms with Gasteiger partial charge in [0.15, 0.2) is 5.60 Å². The molecule has 3 rings (SSSR count). The van der Waals surface area contributed by atoms with Gasteiger partial charge in [-0.2, -0.15) is 0 Å². The lowest BCUT2D eigenvalue weighted by atomic mass is 9.45. The van der Waals surface area contributed by atoms with Gasteiger partial charge in [0.25, 0.3) is 0 Å². The van der Waals surface area contributed by atoms with E-state index < -0.39 is 5.60 Å². The second-order valence-corrected chi connectivity index (χ2v) is 11.3. The molecule has 0 heterocycles. The number of esters is 1. The predicted octanol–water partition coefficient (Wildman–Crippen LogP) is 5.99. The van der Waals surface area contributed by atoms with Gasteiger partial charge >= 0.3 is 5.97 Å². The fourth-order valence-corrected chi connectivity index (χ4v) is 7.42. The number of carbonyl (C=O) groups is 1. The zero-order valence-corrected chi connectivity index (χ0v) is 19.2. The standard InChI is InChI=1S/C25H44O3/c1-7-8-15-28-22(26)25(27)14-11-18(3)21-16-19-10-9-17(2)20(23(19,4)5)12-13-24(21,25)6/h17-21,27H,7-16H2,1-6H3/t17-,18-,19+,20+,21-,24+,25?/m1/s1. The monoisotopic (exact) mass is 392 g/mol. The van der Waals surface area contributed by atoms with Crippen LogP contribution < -0.4 is 0 Å². The highest BCUT2D eigenvalue weighted by Gasteiger charge is 2.62. The van der Waals surface area contributed by atoms with E-state index in [0.29, 0.717) is 42.1 Å². The SMILES string of the molecule is CCCCOC(=O)C1(O)CC[C@@H](C)[C@H]2C[C@@H]3CC[C@@H](C)[C@H](CC[C@@]21C)C3(C)C. The Kier molecular flexibility index (Phi) is 6.26. The van der Waals surface area contributed by atoms with E-state index in [4.69, 9.17) is 4.74 Å². The molecule has 162 valence electrons. The van der Waals surface area contributed by atoms with Crippen LogP contribution in [-0.2, 0) is 9.53 Å². The van der Waals surface area contributed by atoms with Crippen LogP contribution in [0.2, 0.25) is 0 Å². The number of fused-ring (bicyclic) bond motifs is 3. The normalized spacial score (nSPS) is 45.5. The lowest BCUT2D eigenvalue weighted by molar-refractivity contribution is -0.211. The van der Waals surface area contributed by atoms with Gasteiger partial charge in [0.2, 0.25) is 0 Å². The van der Waals surface area contributed by atoms with E-state index in [0.717, 1.165) is 44.4 Å². The molecular formula is C25H44O3. The number of unbranched alkanes of at least 4 members (excludes halogenated alkanes) is 1. The number of ether oxygens (including phenoxy) is 1. The van der Waals surface area contributed by atoms with Gasteiger partial charge in [0, 0.05) is 5.41 Å². The summed E-state index contributed by atoms with van der Waals surface area (Å²) in [6.07, 6.45) is 9.18. The Hall–Kier alpha value is -0.570. The maximum atomic E-state index is 13.1. The molecule has 0 spiro atoms. The molecule has 0 aromatic heterocycles. The van der Waals surface area contributed by atoms with Crippen molar-refractivity contribution in [3.8, 4) is 0 Å². The smallest absolute Gasteiger partial charge is 0.338 e. The van der Waals surface area contributed by atoms with E-state index in [-0.39, 0.29) is 11.4 Å². The second kappa shape index (κ2) is 7.93. The van der Waals surface area contributed by atoms with E-state index in [1.807, 2.05) is 0 Å². The summed E-state index contributed by atoms with van der Waals surface area (Å²) >= 11 is 0. The largest absolute Gasteiger partial charge is 0.464 e. The first-order chi connectivity index (χ1) is 13.1. The highest BCUT2D eigenvalue weighted by molar-refractivity contribution is 5.80. The van der Waals surface area contributed by atoms with Gasteiger partial charge in [-0.15, -0.1) is 0 Å². The summed E-state index contributed by atoms with van der Waals surface area (Å²) in [6, 6.07) is 0. The topological polar surface area (TPSA) is 46.5 Å². The van der Waals surface area contributed by atoms with Gasteiger partial charge in [-0.25, -0.2) is 4.79 Å². The van der Waals surface area contributed by atoms with Crippen LogP contribution >= 0.6 is 0 Å². The minimum atomic E-state index is -1.32. The summed E-state index contributed by atoms with van der Waals surface area (Å²) in [6.45, 7) is 14.5. The summed E-state index contributed by atoms with van der Waals surface area (Å²) in [5, 5.41) is 11.8. The lowest BCUT2D eigenvalue weighted by Gasteiger charge is -2.60. The number of carbonyl (C=O) groups excluding carboxylic acids is 1. The summed E-state index contributed by atoms with van der Waals surface area (Å²) in [5.74, 6) is 2.71. The average molecular weight is 393 g/mol. The minimum absolute atomic E-state index is 0.349. The van der Waals surface area contributed by atoms with Crippen molar-refractivity contribution in [3.63, 3.8) is 0 Å². The van der Waals surface area contributed by atoms with Crippen molar-refractivity contribution < 1.29 is 14.6 Å². The summed E-state index contributed by atoms with van der Waals surface area (Å²) in [5.41, 5.74) is -1.34. The molecule has 3 aliphatic carbocycles. The third-order valence-electron chi connectivity index (χ3n) is 9.66. The molecule has 0 amide bonds. The molecular weight excluding hydrogens is 348 g/mol. The molecule has 1 unspecified atom stereocenters. The lowest BCUT2D eigenvalue weighted by Crippen LogP contribution is -2.62. The van der Waals surface area contributed by atoms with Gasteiger partial charge in [0.05, 0.1) is 6.61 Å². The number of aliphatic hydroxyl groups is 1. The van der Waals surface area contributed by atoms with E-state index >= 15 is 0 Å². The fourth-order valence-electron chi connectivity index (χ4n) is 7.42. The molecule has 0 aromatic carbocycles. The zero-order chi connectivity index (χ0) is 20.7. The van der Waals surface area contributed by atoms with Crippen LogP contribution in [0.4, 0.5) is 0 Å². The molecule has 7 atom stereocenters. The number of hydrogen-bond donors (Lipinski definition) is 1. The highest BCUT2D eigenvalue weighted by atomic mass is 16.5. The summed E-state index contributed by atoms with van der Waals surface area (Å²) < 4.78 is 5.61. The van der Waals surface area contributed by atoms with Gasteiger partial charge in [-0.05, 0) is 80.0 Å². The van der Waals surface area contributed by atoms with E-state index in [2.05, 4.69) is 41.5 Å². The molecule has 0 aromatic rings. The van der Waals surface area contributed by atoms with Crippen molar-refractivity contribution in [3.05, 3.63) is 0 Å².